The van der Waals surface area contributed by atoms with Gasteiger partial charge in [0.05, 0.1) is 12.4 Å². The molecule has 16 heavy (non-hydrogen) atoms. The summed E-state index contributed by atoms with van der Waals surface area (Å²) in [6.07, 6.45) is -0.729. The highest BCUT2D eigenvalue weighted by Crippen LogP contribution is 2.19. The lowest BCUT2D eigenvalue weighted by Gasteiger charge is -2.17. The molecule has 1 atom stereocenters. The smallest absolute Gasteiger partial charge is 0.323 e. The summed E-state index contributed by atoms with van der Waals surface area (Å²) in [5.74, 6) is -3.69. The molecule has 0 aliphatic heterocycles. The first kappa shape index (κ1) is 14.5. The minimum absolute atomic E-state index is 0.108. The number of halogens is 2. The van der Waals surface area contributed by atoms with Crippen molar-refractivity contribution in [3.63, 3.8) is 0 Å². The maximum atomic E-state index is 13.2. The maximum absolute atomic E-state index is 13.2. The number of aliphatic imine (C=N–C) groups is 1. The molecule has 5 N–H and O–H groups in total. The molecule has 5 nitrogen and oxygen atoms in total. The lowest BCUT2D eigenvalue weighted by atomic mass is 9.98. The molecule has 0 aliphatic carbocycles. The Morgan fingerprint density at radius 3 is 2.31 bits per heavy atom. The van der Waals surface area contributed by atoms with Crippen molar-refractivity contribution in [2.24, 2.45) is 16.5 Å². The maximum Gasteiger partial charge on any atom is 0.323 e. The van der Waals surface area contributed by atoms with E-state index in [1.165, 1.54) is 6.92 Å². The molecule has 0 bridgehead atoms. The number of amidine groups is 1. The second-order valence-electron chi connectivity index (χ2n) is 3.67. The summed E-state index contributed by atoms with van der Waals surface area (Å²) < 4.78 is 26.2. The molecule has 0 aliphatic rings. The predicted molar refractivity (Wildman–Crippen MR) is 56.3 cm³/mol. The molecule has 7 heteroatoms. The Balaban J connectivity index is 4.66. The van der Waals surface area contributed by atoms with Crippen LogP contribution in [-0.2, 0) is 4.79 Å². The highest BCUT2D eigenvalue weighted by Gasteiger charge is 2.30. The number of hydrogen-bond acceptors (Lipinski definition) is 3. The van der Waals surface area contributed by atoms with Gasteiger partial charge in [-0.3, -0.25) is 9.79 Å². The van der Waals surface area contributed by atoms with Crippen LogP contribution in [0.1, 0.15) is 20.3 Å². The van der Waals surface area contributed by atoms with Gasteiger partial charge in [-0.15, -0.1) is 0 Å². The van der Waals surface area contributed by atoms with Crippen LogP contribution in [-0.4, -0.2) is 29.0 Å². The number of hydrogen-bond donors (Lipinski definition) is 3. The van der Waals surface area contributed by atoms with E-state index >= 15 is 0 Å². The van der Waals surface area contributed by atoms with Crippen LogP contribution in [0.2, 0.25) is 0 Å². The van der Waals surface area contributed by atoms with Gasteiger partial charge in [-0.25, -0.2) is 8.78 Å². The van der Waals surface area contributed by atoms with Gasteiger partial charge in [-0.1, -0.05) is 0 Å². The number of carboxylic acids is 1. The van der Waals surface area contributed by atoms with Crippen molar-refractivity contribution < 1.29 is 18.7 Å². The van der Waals surface area contributed by atoms with Crippen molar-refractivity contribution in [2.75, 3.05) is 6.54 Å². The Bertz CT molecular complexity index is 334. The Kier molecular flexibility index (Phi) is 5.03. The quantitative estimate of drug-likeness (QED) is 0.482. The average Bonchev–Trinajstić information content (AvgIpc) is 2.12. The highest BCUT2D eigenvalue weighted by molar-refractivity contribution is 5.78. The van der Waals surface area contributed by atoms with Gasteiger partial charge >= 0.3 is 5.97 Å². The van der Waals surface area contributed by atoms with Crippen molar-refractivity contribution >= 4 is 11.8 Å². The first-order chi connectivity index (χ1) is 7.16. The van der Waals surface area contributed by atoms with Gasteiger partial charge in [-0.2, -0.15) is 0 Å². The Morgan fingerprint density at radius 1 is 1.44 bits per heavy atom. The van der Waals surface area contributed by atoms with Crippen LogP contribution in [0.3, 0.4) is 0 Å². The third-order valence-electron chi connectivity index (χ3n) is 1.77. The van der Waals surface area contributed by atoms with Crippen LogP contribution in [0.15, 0.2) is 16.6 Å². The fourth-order valence-corrected chi connectivity index (χ4v) is 0.774. The molecular formula is C9H15F2N3O2. The van der Waals surface area contributed by atoms with Crippen molar-refractivity contribution in [1.82, 2.24) is 0 Å². The molecular weight excluding hydrogens is 220 g/mol. The van der Waals surface area contributed by atoms with Crippen molar-refractivity contribution in [2.45, 2.75) is 25.8 Å². The molecule has 0 radical (unpaired) electrons. The van der Waals surface area contributed by atoms with Gasteiger partial charge in [0.2, 0.25) is 0 Å². The normalized spacial score (nSPS) is 17.7. The number of nitrogens with two attached hydrogens (primary N) is 2. The zero-order valence-electron chi connectivity index (χ0n) is 9.13. The van der Waals surface area contributed by atoms with Crippen LogP contribution >= 0.6 is 0 Å². The number of carbonyl (C=O) groups is 1. The predicted octanol–water partition coefficient (Wildman–Crippen LogP) is 0.706. The minimum atomic E-state index is -1.84. The second kappa shape index (κ2) is 5.55. The number of rotatable bonds is 5. The molecule has 0 aromatic rings. The summed E-state index contributed by atoms with van der Waals surface area (Å²) in [7, 11) is 0. The Labute approximate surface area is 91.8 Å². The Hall–Kier alpha value is -1.50. The number of aliphatic carboxylic acids is 1. The molecule has 0 aromatic carbocycles. The number of nitrogens with zero attached hydrogens (tertiary/aromatic N) is 1. The standard InChI is InChI=1S/C9H15F2N3O2/c1-5(12)14-4-7(11)6(10)3-9(2,13)8(15)16/h3-4,13H2,1-2H3,(H2,12,14)(H,15,16)/t9-/m0/s1. The van der Waals surface area contributed by atoms with Gasteiger partial charge in [0.1, 0.15) is 11.4 Å². The fourth-order valence-electron chi connectivity index (χ4n) is 0.774. The van der Waals surface area contributed by atoms with E-state index in [1.807, 2.05) is 0 Å². The summed E-state index contributed by atoms with van der Waals surface area (Å²) >= 11 is 0. The van der Waals surface area contributed by atoms with E-state index in [9.17, 15) is 13.6 Å². The van der Waals surface area contributed by atoms with Gasteiger partial charge in [-0.05, 0) is 13.8 Å². The van der Waals surface area contributed by atoms with Crippen LogP contribution in [0.4, 0.5) is 8.78 Å². The summed E-state index contributed by atoms with van der Waals surface area (Å²) in [6.45, 7) is 1.97. The van der Waals surface area contributed by atoms with Gasteiger partial charge in [0.25, 0.3) is 0 Å². The molecule has 0 aromatic heterocycles. The molecule has 0 saturated carbocycles. The zero-order valence-corrected chi connectivity index (χ0v) is 9.13. The third kappa shape index (κ3) is 4.83. The SMILES string of the molecule is CC(N)=NCC(F)=C(F)C[C@](C)(N)C(=O)O. The van der Waals surface area contributed by atoms with E-state index < -0.39 is 36.1 Å². The molecule has 0 heterocycles. The minimum Gasteiger partial charge on any atom is -0.480 e. The van der Waals surface area contributed by atoms with Gasteiger partial charge in [0.15, 0.2) is 5.83 Å². The molecule has 92 valence electrons. The monoisotopic (exact) mass is 235 g/mol. The van der Waals surface area contributed by atoms with Crippen LogP contribution in [0.5, 0.6) is 0 Å². The molecule has 0 rings (SSSR count). The number of carboxylic acid groups (broad SMARTS) is 1. The highest BCUT2D eigenvalue weighted by atomic mass is 19.2. The molecule has 0 fully saturated rings. The largest absolute Gasteiger partial charge is 0.480 e. The first-order valence-electron chi connectivity index (χ1n) is 4.48. The van der Waals surface area contributed by atoms with E-state index in [4.69, 9.17) is 16.6 Å². The molecule has 0 amide bonds. The van der Waals surface area contributed by atoms with Crippen LogP contribution in [0.25, 0.3) is 0 Å². The van der Waals surface area contributed by atoms with E-state index in [-0.39, 0.29) is 5.84 Å². The van der Waals surface area contributed by atoms with E-state index in [1.54, 1.807) is 0 Å². The van der Waals surface area contributed by atoms with E-state index in [0.717, 1.165) is 6.92 Å². The summed E-state index contributed by atoms with van der Waals surface area (Å²) in [5, 5.41) is 8.61. The van der Waals surface area contributed by atoms with Crippen molar-refractivity contribution in [3.05, 3.63) is 11.7 Å². The van der Waals surface area contributed by atoms with Crippen LogP contribution in [0, 0.1) is 0 Å². The average molecular weight is 235 g/mol. The third-order valence-corrected chi connectivity index (χ3v) is 1.77. The summed E-state index contributed by atoms with van der Waals surface area (Å²) in [5.41, 5.74) is 8.54. The molecule has 0 saturated heterocycles. The molecule has 0 spiro atoms. The molecule has 0 unspecified atom stereocenters. The summed E-state index contributed by atoms with van der Waals surface area (Å²) in [4.78, 5) is 14.0. The topological polar surface area (TPSA) is 102 Å². The van der Waals surface area contributed by atoms with Crippen molar-refractivity contribution in [3.8, 4) is 0 Å². The Morgan fingerprint density at radius 2 is 1.94 bits per heavy atom. The van der Waals surface area contributed by atoms with Crippen LogP contribution < -0.4 is 11.5 Å². The summed E-state index contributed by atoms with van der Waals surface area (Å²) in [6, 6.07) is 0. The van der Waals surface area contributed by atoms with Gasteiger partial charge < -0.3 is 16.6 Å². The zero-order chi connectivity index (χ0) is 12.9. The fraction of sp³-hybridized carbons (Fsp3) is 0.556. The van der Waals surface area contributed by atoms with E-state index in [0.29, 0.717) is 0 Å². The van der Waals surface area contributed by atoms with E-state index in [2.05, 4.69) is 4.99 Å². The van der Waals surface area contributed by atoms with Crippen molar-refractivity contribution in [1.29, 1.82) is 0 Å². The second-order valence-corrected chi connectivity index (χ2v) is 3.67. The first-order valence-corrected chi connectivity index (χ1v) is 4.48. The lowest BCUT2D eigenvalue weighted by Crippen LogP contribution is -2.44. The lowest BCUT2D eigenvalue weighted by molar-refractivity contribution is -0.142. The van der Waals surface area contributed by atoms with Gasteiger partial charge in [0, 0.05) is 6.42 Å².